The first kappa shape index (κ1) is 17.4. The van der Waals surface area contributed by atoms with Gasteiger partial charge in [0.15, 0.2) is 0 Å². The predicted octanol–water partition coefficient (Wildman–Crippen LogP) is 3.19. The van der Waals surface area contributed by atoms with Crippen LogP contribution in [0.15, 0.2) is 6.07 Å². The van der Waals surface area contributed by atoms with Crippen molar-refractivity contribution in [1.82, 2.24) is 5.32 Å². The van der Waals surface area contributed by atoms with E-state index < -0.39 is 0 Å². The largest absolute Gasteiger partial charge is 0.382 e. The highest BCUT2D eigenvalue weighted by Crippen LogP contribution is 2.28. The average molecular weight is 325 g/mol. The first-order valence-electron chi connectivity index (χ1n) is 8.27. The number of ether oxygens (including phenoxy) is 2. The molecule has 0 aromatic carbocycles. The Bertz CT molecular complexity index is 433. The fraction of sp³-hybridized carbons (Fsp3) is 0.706. The van der Waals surface area contributed by atoms with Gasteiger partial charge < -0.3 is 14.8 Å². The third-order valence-electron chi connectivity index (χ3n) is 3.90. The van der Waals surface area contributed by atoms with Crippen LogP contribution in [0.1, 0.15) is 52.2 Å². The second-order valence-corrected chi connectivity index (χ2v) is 6.82. The summed E-state index contributed by atoms with van der Waals surface area (Å²) in [4.78, 5) is 14.5. The highest BCUT2D eigenvalue weighted by Gasteiger charge is 2.15. The van der Waals surface area contributed by atoms with Crippen molar-refractivity contribution in [3.05, 3.63) is 21.4 Å². The highest BCUT2D eigenvalue weighted by atomic mass is 32.1. The number of carbonyl (C=O) groups excluding carboxylic acids is 1. The molecule has 0 fully saturated rings. The summed E-state index contributed by atoms with van der Waals surface area (Å²) in [6, 6.07) is 2.11. The molecule has 0 unspecified atom stereocenters. The maximum atomic E-state index is 12.2. The van der Waals surface area contributed by atoms with Crippen LogP contribution >= 0.6 is 11.3 Å². The number of fused-ring (bicyclic) bond motifs is 1. The van der Waals surface area contributed by atoms with E-state index in [1.165, 1.54) is 36.1 Å². The molecule has 124 valence electrons. The number of nitrogens with one attached hydrogen (secondary N) is 1. The quantitative estimate of drug-likeness (QED) is 0.747. The molecular weight excluding hydrogens is 298 g/mol. The van der Waals surface area contributed by atoms with Gasteiger partial charge in [-0.2, -0.15) is 0 Å². The van der Waals surface area contributed by atoms with E-state index in [1.807, 2.05) is 0 Å². The molecule has 0 atom stereocenters. The lowest BCUT2D eigenvalue weighted by Gasteiger charge is -2.07. The van der Waals surface area contributed by atoms with E-state index in [-0.39, 0.29) is 5.91 Å². The van der Waals surface area contributed by atoms with E-state index in [0.29, 0.717) is 26.4 Å². The molecule has 4 nitrogen and oxygen atoms in total. The van der Waals surface area contributed by atoms with E-state index in [1.54, 1.807) is 18.4 Å². The van der Waals surface area contributed by atoms with E-state index in [0.717, 1.165) is 24.1 Å². The molecule has 0 spiro atoms. The molecule has 1 amide bonds. The number of hydrogen-bond acceptors (Lipinski definition) is 4. The Hall–Kier alpha value is -0.910. The molecule has 1 aromatic rings. The van der Waals surface area contributed by atoms with Gasteiger partial charge in [-0.1, -0.05) is 12.8 Å². The molecule has 2 rings (SSSR count). The van der Waals surface area contributed by atoms with Crippen molar-refractivity contribution in [3.8, 4) is 0 Å². The van der Waals surface area contributed by atoms with Crippen molar-refractivity contribution in [2.75, 3.05) is 33.5 Å². The van der Waals surface area contributed by atoms with Crippen LogP contribution in [0.5, 0.6) is 0 Å². The molecule has 1 aromatic heterocycles. The third kappa shape index (κ3) is 5.71. The molecule has 5 heteroatoms. The minimum Gasteiger partial charge on any atom is -0.382 e. The minimum absolute atomic E-state index is 0.0636. The molecule has 0 saturated carbocycles. The minimum atomic E-state index is 0.0636. The summed E-state index contributed by atoms with van der Waals surface area (Å²) in [7, 11) is 1.66. The molecule has 1 aliphatic carbocycles. The number of rotatable bonds is 8. The van der Waals surface area contributed by atoms with E-state index >= 15 is 0 Å². The van der Waals surface area contributed by atoms with Crippen molar-refractivity contribution >= 4 is 17.2 Å². The summed E-state index contributed by atoms with van der Waals surface area (Å²) in [5.41, 5.74) is 1.40. The molecule has 0 radical (unpaired) electrons. The van der Waals surface area contributed by atoms with Gasteiger partial charge in [0, 0.05) is 25.1 Å². The van der Waals surface area contributed by atoms with Crippen molar-refractivity contribution in [2.45, 2.75) is 44.9 Å². The second kappa shape index (κ2) is 9.98. The summed E-state index contributed by atoms with van der Waals surface area (Å²) >= 11 is 1.68. The van der Waals surface area contributed by atoms with E-state index in [2.05, 4.69) is 11.4 Å². The summed E-state index contributed by atoms with van der Waals surface area (Å²) < 4.78 is 10.3. The highest BCUT2D eigenvalue weighted by molar-refractivity contribution is 7.14. The van der Waals surface area contributed by atoms with Gasteiger partial charge in [0.05, 0.1) is 18.1 Å². The lowest BCUT2D eigenvalue weighted by Crippen LogP contribution is -2.24. The molecule has 0 aliphatic heterocycles. The predicted molar refractivity (Wildman–Crippen MR) is 89.8 cm³/mol. The Morgan fingerprint density at radius 3 is 2.82 bits per heavy atom. The van der Waals surface area contributed by atoms with Crippen LogP contribution in [0.2, 0.25) is 0 Å². The van der Waals surface area contributed by atoms with Gasteiger partial charge in [0.2, 0.25) is 0 Å². The second-order valence-electron chi connectivity index (χ2n) is 5.69. The van der Waals surface area contributed by atoms with Crippen LogP contribution in [-0.2, 0) is 22.3 Å². The molecule has 1 aliphatic rings. The molecular formula is C17H27NO3S. The summed E-state index contributed by atoms with van der Waals surface area (Å²) in [6.07, 6.45) is 8.26. The SMILES string of the molecule is COCCOCCCNC(=O)c1cc2c(s1)CCCCCC2. The topological polar surface area (TPSA) is 47.6 Å². The standard InChI is InChI=1S/C17H27NO3S/c1-20-11-12-21-10-6-9-18-17(19)16-13-14-7-4-2-3-5-8-15(14)22-16/h13H,2-12H2,1H3,(H,18,19). The molecule has 1 N–H and O–H groups in total. The fourth-order valence-electron chi connectivity index (χ4n) is 2.66. The number of amides is 1. The zero-order valence-corrected chi connectivity index (χ0v) is 14.3. The van der Waals surface area contributed by atoms with Gasteiger partial charge in [-0.3, -0.25) is 4.79 Å². The number of aryl methyl sites for hydroxylation is 2. The van der Waals surface area contributed by atoms with Gasteiger partial charge >= 0.3 is 0 Å². The van der Waals surface area contributed by atoms with Gasteiger partial charge in [-0.15, -0.1) is 11.3 Å². The zero-order chi connectivity index (χ0) is 15.6. The molecule has 0 saturated heterocycles. The Balaban J connectivity index is 1.72. The maximum Gasteiger partial charge on any atom is 0.261 e. The smallest absolute Gasteiger partial charge is 0.261 e. The summed E-state index contributed by atoms with van der Waals surface area (Å²) in [5, 5.41) is 2.99. The number of hydrogen-bond donors (Lipinski definition) is 1. The van der Waals surface area contributed by atoms with Crippen molar-refractivity contribution in [1.29, 1.82) is 0 Å². The Morgan fingerprint density at radius 1 is 1.18 bits per heavy atom. The van der Waals surface area contributed by atoms with E-state index in [4.69, 9.17) is 9.47 Å². The first-order valence-corrected chi connectivity index (χ1v) is 9.09. The Labute approximate surface area is 137 Å². The van der Waals surface area contributed by atoms with Crippen LogP contribution < -0.4 is 5.32 Å². The first-order chi connectivity index (χ1) is 10.8. The van der Waals surface area contributed by atoms with Gasteiger partial charge in [-0.05, 0) is 43.7 Å². The molecule has 1 heterocycles. The monoisotopic (exact) mass is 325 g/mol. The van der Waals surface area contributed by atoms with Crippen molar-refractivity contribution in [2.24, 2.45) is 0 Å². The zero-order valence-electron chi connectivity index (χ0n) is 13.5. The average Bonchev–Trinajstić information content (AvgIpc) is 2.88. The van der Waals surface area contributed by atoms with Crippen molar-refractivity contribution < 1.29 is 14.3 Å². The molecule has 22 heavy (non-hydrogen) atoms. The lowest BCUT2D eigenvalue weighted by atomic mass is 10.00. The number of carbonyl (C=O) groups is 1. The van der Waals surface area contributed by atoms with Crippen LogP contribution in [0.25, 0.3) is 0 Å². The van der Waals surface area contributed by atoms with Gasteiger partial charge in [0.1, 0.15) is 0 Å². The Morgan fingerprint density at radius 2 is 2.00 bits per heavy atom. The van der Waals surface area contributed by atoms with Crippen LogP contribution in [0.3, 0.4) is 0 Å². The fourth-order valence-corrected chi connectivity index (χ4v) is 3.83. The van der Waals surface area contributed by atoms with Gasteiger partial charge in [0.25, 0.3) is 5.91 Å². The van der Waals surface area contributed by atoms with Crippen molar-refractivity contribution in [3.63, 3.8) is 0 Å². The Kier molecular flexibility index (Phi) is 7.91. The number of methoxy groups -OCH3 is 1. The van der Waals surface area contributed by atoms with Crippen LogP contribution in [0, 0.1) is 0 Å². The summed E-state index contributed by atoms with van der Waals surface area (Å²) in [6.45, 7) is 2.55. The van der Waals surface area contributed by atoms with E-state index in [9.17, 15) is 4.79 Å². The normalized spacial score (nSPS) is 15.0. The maximum absolute atomic E-state index is 12.2. The lowest BCUT2D eigenvalue weighted by molar-refractivity contribution is 0.0688. The number of thiophene rings is 1. The van der Waals surface area contributed by atoms with Crippen LogP contribution in [-0.4, -0.2) is 39.4 Å². The van der Waals surface area contributed by atoms with Gasteiger partial charge in [-0.25, -0.2) is 0 Å². The van der Waals surface area contributed by atoms with Crippen LogP contribution in [0.4, 0.5) is 0 Å². The summed E-state index contributed by atoms with van der Waals surface area (Å²) in [5.74, 6) is 0.0636. The third-order valence-corrected chi connectivity index (χ3v) is 5.14. The molecule has 0 bridgehead atoms.